The van der Waals surface area contributed by atoms with Crippen LogP contribution >= 0.6 is 0 Å². The molecule has 3 rings (SSSR count). The number of aromatic nitrogens is 3. The molecule has 7 heteroatoms. The van der Waals surface area contributed by atoms with Crippen LogP contribution in [0, 0.1) is 5.41 Å². The van der Waals surface area contributed by atoms with Gasteiger partial charge in [0.1, 0.15) is 5.69 Å². The van der Waals surface area contributed by atoms with Crippen LogP contribution in [0.15, 0.2) is 21.7 Å². The highest BCUT2D eigenvalue weighted by Gasteiger charge is 2.28. The lowest BCUT2D eigenvalue weighted by atomic mass is 9.76. The molecule has 24 heavy (non-hydrogen) atoms. The molecule has 0 saturated carbocycles. The van der Waals surface area contributed by atoms with Crippen LogP contribution in [0.4, 0.5) is 0 Å². The van der Waals surface area contributed by atoms with Crippen molar-refractivity contribution < 1.29 is 14.1 Å². The van der Waals surface area contributed by atoms with Crippen molar-refractivity contribution in [1.29, 1.82) is 0 Å². The van der Waals surface area contributed by atoms with Gasteiger partial charge in [0.25, 0.3) is 5.56 Å². The van der Waals surface area contributed by atoms with Crippen molar-refractivity contribution in [1.82, 2.24) is 14.7 Å². The Morgan fingerprint density at radius 2 is 2.25 bits per heavy atom. The van der Waals surface area contributed by atoms with E-state index in [2.05, 4.69) is 24.0 Å². The summed E-state index contributed by atoms with van der Waals surface area (Å²) in [6.45, 7) is 6.52. The normalized spacial score (nSPS) is 15.8. The second kappa shape index (κ2) is 6.22. The van der Waals surface area contributed by atoms with Crippen molar-refractivity contribution in [3.63, 3.8) is 0 Å². The van der Waals surface area contributed by atoms with Gasteiger partial charge < -0.3 is 9.26 Å². The van der Waals surface area contributed by atoms with Gasteiger partial charge in [0.05, 0.1) is 25.2 Å². The van der Waals surface area contributed by atoms with Crippen LogP contribution in [-0.2, 0) is 24.1 Å². The van der Waals surface area contributed by atoms with Crippen LogP contribution in [-0.4, -0.2) is 27.3 Å². The highest BCUT2D eigenvalue weighted by atomic mass is 16.6. The van der Waals surface area contributed by atoms with Crippen molar-refractivity contribution in [3.05, 3.63) is 45.5 Å². The first kappa shape index (κ1) is 16.4. The van der Waals surface area contributed by atoms with Crippen molar-refractivity contribution >= 4 is 5.97 Å². The first-order valence-corrected chi connectivity index (χ1v) is 8.09. The van der Waals surface area contributed by atoms with Gasteiger partial charge >= 0.3 is 5.97 Å². The molecule has 0 spiro atoms. The van der Waals surface area contributed by atoms with Gasteiger partial charge in [0.15, 0.2) is 0 Å². The number of rotatable bonds is 4. The zero-order chi connectivity index (χ0) is 17.3. The van der Waals surface area contributed by atoms with E-state index in [9.17, 15) is 9.59 Å². The first-order valence-electron chi connectivity index (χ1n) is 8.09. The van der Waals surface area contributed by atoms with E-state index < -0.39 is 5.97 Å². The lowest BCUT2D eigenvalue weighted by molar-refractivity contribution is 0.0479. The number of hydrogen-bond donors (Lipinski definition) is 0. The predicted octanol–water partition coefficient (Wildman–Crippen LogP) is 1.97. The lowest BCUT2D eigenvalue weighted by Crippen LogP contribution is -2.33. The smallest absolute Gasteiger partial charge is 0.377 e. The van der Waals surface area contributed by atoms with E-state index in [1.165, 1.54) is 17.0 Å². The monoisotopic (exact) mass is 331 g/mol. The molecule has 0 unspecified atom stereocenters. The Morgan fingerprint density at radius 3 is 3.00 bits per heavy atom. The van der Waals surface area contributed by atoms with E-state index in [0.717, 1.165) is 30.5 Å². The number of carbonyl (C=O) groups excluding carboxylic acids is 1. The van der Waals surface area contributed by atoms with E-state index in [0.29, 0.717) is 5.69 Å². The van der Waals surface area contributed by atoms with Crippen LogP contribution in [0.25, 0.3) is 0 Å². The third-order valence-corrected chi connectivity index (χ3v) is 4.28. The third-order valence-electron chi connectivity index (χ3n) is 4.28. The molecule has 2 heterocycles. The van der Waals surface area contributed by atoms with Gasteiger partial charge in [-0.1, -0.05) is 19.0 Å². The summed E-state index contributed by atoms with van der Waals surface area (Å²) < 4.78 is 11.3. The van der Waals surface area contributed by atoms with E-state index >= 15 is 0 Å². The predicted molar refractivity (Wildman–Crippen MR) is 85.9 cm³/mol. The van der Waals surface area contributed by atoms with Crippen molar-refractivity contribution in [2.45, 2.75) is 46.6 Å². The molecule has 7 nitrogen and oxygen atoms in total. The minimum absolute atomic E-state index is 0.0342. The molecule has 2 aromatic rings. The lowest BCUT2D eigenvalue weighted by Gasteiger charge is -2.30. The number of aryl methyl sites for hydroxylation is 1. The highest BCUT2D eigenvalue weighted by Crippen LogP contribution is 2.32. The molecule has 0 radical (unpaired) electrons. The summed E-state index contributed by atoms with van der Waals surface area (Å²) in [6, 6.07) is 1.49. The standard InChI is InChI=1S/C17H21N3O4/c1-4-23-16(22)14-7-11(19-24-14)9-20-10-18-13-5-6-17(2,3)8-12(13)15(20)21/h7,10H,4-6,8-9H2,1-3H3. The number of esters is 1. The van der Waals surface area contributed by atoms with E-state index in [-0.39, 0.29) is 29.9 Å². The van der Waals surface area contributed by atoms with Gasteiger partial charge in [-0.15, -0.1) is 0 Å². The Hall–Kier alpha value is -2.44. The molecule has 1 aliphatic carbocycles. The maximum absolute atomic E-state index is 12.7. The quantitative estimate of drug-likeness (QED) is 0.796. The summed E-state index contributed by atoms with van der Waals surface area (Å²) in [5, 5.41) is 3.83. The number of nitrogens with zero attached hydrogens (tertiary/aromatic N) is 3. The number of carbonyl (C=O) groups is 1. The average molecular weight is 331 g/mol. The fourth-order valence-electron chi connectivity index (χ4n) is 2.96. The summed E-state index contributed by atoms with van der Waals surface area (Å²) in [6.07, 6.45) is 4.12. The molecular formula is C17H21N3O4. The zero-order valence-electron chi connectivity index (χ0n) is 14.2. The fraction of sp³-hybridized carbons (Fsp3) is 0.529. The Labute approximate surface area is 139 Å². The van der Waals surface area contributed by atoms with Gasteiger partial charge in [-0.05, 0) is 31.6 Å². The fourth-order valence-corrected chi connectivity index (χ4v) is 2.96. The molecule has 1 aliphatic rings. The summed E-state index contributed by atoms with van der Waals surface area (Å²) >= 11 is 0. The van der Waals surface area contributed by atoms with Crippen LogP contribution in [0.2, 0.25) is 0 Å². The van der Waals surface area contributed by atoms with Gasteiger partial charge in [0, 0.05) is 11.6 Å². The van der Waals surface area contributed by atoms with Crippen molar-refractivity contribution in [2.24, 2.45) is 5.41 Å². The zero-order valence-corrected chi connectivity index (χ0v) is 14.2. The molecule has 0 atom stereocenters. The molecular weight excluding hydrogens is 310 g/mol. The number of ether oxygens (including phenoxy) is 1. The highest BCUT2D eigenvalue weighted by molar-refractivity contribution is 5.86. The summed E-state index contributed by atoms with van der Waals surface area (Å²) in [5.41, 5.74) is 2.22. The molecule has 0 fully saturated rings. The van der Waals surface area contributed by atoms with Crippen LogP contribution in [0.5, 0.6) is 0 Å². The molecule has 0 amide bonds. The van der Waals surface area contributed by atoms with Crippen LogP contribution < -0.4 is 5.56 Å². The molecule has 0 aromatic carbocycles. The minimum atomic E-state index is -0.561. The largest absolute Gasteiger partial charge is 0.460 e. The van der Waals surface area contributed by atoms with E-state index in [4.69, 9.17) is 9.26 Å². The Bertz CT molecular complexity index is 819. The van der Waals surface area contributed by atoms with Gasteiger partial charge in [-0.3, -0.25) is 9.36 Å². The maximum atomic E-state index is 12.7. The van der Waals surface area contributed by atoms with Gasteiger partial charge in [-0.25, -0.2) is 9.78 Å². The summed E-state index contributed by atoms with van der Waals surface area (Å²) in [7, 11) is 0. The number of fused-ring (bicyclic) bond motifs is 1. The molecule has 0 N–H and O–H groups in total. The summed E-state index contributed by atoms with van der Waals surface area (Å²) in [4.78, 5) is 28.8. The van der Waals surface area contributed by atoms with Crippen LogP contribution in [0.1, 0.15) is 54.7 Å². The summed E-state index contributed by atoms with van der Waals surface area (Å²) in [5.74, 6) is -0.527. The molecule has 2 aromatic heterocycles. The number of hydrogen-bond acceptors (Lipinski definition) is 6. The van der Waals surface area contributed by atoms with Crippen LogP contribution in [0.3, 0.4) is 0 Å². The average Bonchev–Trinajstić information content (AvgIpc) is 2.99. The maximum Gasteiger partial charge on any atom is 0.377 e. The van der Waals surface area contributed by atoms with E-state index in [1.807, 2.05) is 0 Å². The van der Waals surface area contributed by atoms with Gasteiger partial charge in [0.2, 0.25) is 5.76 Å². The Morgan fingerprint density at radius 1 is 1.46 bits per heavy atom. The third kappa shape index (κ3) is 3.25. The second-order valence-electron chi connectivity index (χ2n) is 6.85. The van der Waals surface area contributed by atoms with Crippen molar-refractivity contribution in [2.75, 3.05) is 6.61 Å². The first-order chi connectivity index (χ1) is 11.4. The topological polar surface area (TPSA) is 87.2 Å². The van der Waals surface area contributed by atoms with E-state index in [1.54, 1.807) is 6.92 Å². The SMILES string of the molecule is CCOC(=O)c1cc(Cn2cnc3c(c2=O)CC(C)(C)CC3)no1. The molecule has 0 bridgehead atoms. The second-order valence-corrected chi connectivity index (χ2v) is 6.85. The van der Waals surface area contributed by atoms with Gasteiger partial charge in [-0.2, -0.15) is 0 Å². The molecule has 0 saturated heterocycles. The Balaban J connectivity index is 1.84. The van der Waals surface area contributed by atoms with Crippen molar-refractivity contribution in [3.8, 4) is 0 Å². The molecule has 128 valence electrons. The molecule has 0 aliphatic heterocycles. The Kier molecular flexibility index (Phi) is 4.26. The minimum Gasteiger partial charge on any atom is -0.460 e.